The largest absolute Gasteiger partial charge is 0.379 e. The molecule has 2 aromatic carbocycles. The predicted molar refractivity (Wildman–Crippen MR) is 138 cm³/mol. The summed E-state index contributed by atoms with van der Waals surface area (Å²) < 4.78 is 5.53. The number of ether oxygens (including phenoxy) is 1. The first-order chi connectivity index (χ1) is 16.0. The summed E-state index contributed by atoms with van der Waals surface area (Å²) in [5.74, 6) is 0. The van der Waals surface area contributed by atoms with E-state index in [-0.39, 0.29) is 0 Å². The van der Waals surface area contributed by atoms with Crippen molar-refractivity contribution in [3.8, 4) is 0 Å². The number of hydrogen-bond acceptors (Lipinski definition) is 5. The monoisotopic (exact) mass is 460 g/mol. The molecule has 5 nitrogen and oxygen atoms in total. The van der Waals surface area contributed by atoms with E-state index in [1.54, 1.807) is 11.8 Å². The molecule has 0 radical (unpaired) electrons. The molecule has 0 amide bonds. The first-order valence-electron chi connectivity index (χ1n) is 11.8. The van der Waals surface area contributed by atoms with Crippen molar-refractivity contribution in [2.24, 2.45) is 4.99 Å². The highest BCUT2D eigenvalue weighted by Gasteiger charge is 2.25. The average Bonchev–Trinajstić information content (AvgIpc) is 2.80. The smallest absolute Gasteiger partial charge is 0.171 e. The molecule has 3 aromatic rings. The molecule has 1 aromatic heterocycles. The van der Waals surface area contributed by atoms with Crippen molar-refractivity contribution in [1.82, 2.24) is 14.8 Å². The van der Waals surface area contributed by atoms with Gasteiger partial charge in [0, 0.05) is 43.7 Å². The molecule has 0 aliphatic carbocycles. The van der Waals surface area contributed by atoms with Crippen LogP contribution in [0.15, 0.2) is 46.4 Å². The van der Waals surface area contributed by atoms with E-state index in [4.69, 9.17) is 14.7 Å². The maximum atomic E-state index is 5.53. The number of nitrogens with zero attached hydrogens (tertiary/aromatic N) is 4. The molecule has 0 unspecified atom stereocenters. The Morgan fingerprint density at radius 3 is 2.64 bits per heavy atom. The summed E-state index contributed by atoms with van der Waals surface area (Å²) in [6, 6.07) is 13.2. The van der Waals surface area contributed by atoms with Crippen molar-refractivity contribution in [1.29, 1.82) is 0 Å². The van der Waals surface area contributed by atoms with Gasteiger partial charge in [-0.1, -0.05) is 23.8 Å². The molecule has 1 fully saturated rings. The topological polar surface area (TPSA) is 41.0 Å². The molecule has 0 N–H and O–H groups in total. The summed E-state index contributed by atoms with van der Waals surface area (Å²) in [6.45, 7) is 15.1. The summed E-state index contributed by atoms with van der Waals surface area (Å²) in [7, 11) is 0. The van der Waals surface area contributed by atoms with Crippen LogP contribution in [-0.4, -0.2) is 59.3 Å². The molecule has 0 spiro atoms. The van der Waals surface area contributed by atoms with Crippen LogP contribution < -0.4 is 0 Å². The summed E-state index contributed by atoms with van der Waals surface area (Å²) in [5.41, 5.74) is 8.46. The Labute approximate surface area is 200 Å². The van der Waals surface area contributed by atoms with Crippen LogP contribution in [0.5, 0.6) is 0 Å². The molecule has 2 aliphatic heterocycles. The van der Waals surface area contributed by atoms with E-state index in [1.807, 2.05) is 0 Å². The van der Waals surface area contributed by atoms with E-state index in [9.17, 15) is 0 Å². The zero-order valence-corrected chi connectivity index (χ0v) is 20.8. The van der Waals surface area contributed by atoms with Gasteiger partial charge in [0.05, 0.1) is 24.4 Å². The fraction of sp³-hybridized carbons (Fsp3) is 0.407. The number of fused-ring (bicyclic) bond motifs is 2. The van der Waals surface area contributed by atoms with E-state index in [0.29, 0.717) is 0 Å². The lowest BCUT2D eigenvalue weighted by Crippen LogP contribution is -2.43. The molecule has 0 saturated carbocycles. The standard InChI is InChI=1S/C27H32N4OS/c1-18-14-20(3)25-22(15-18)16-23-17-31(9-8-30-10-12-32-13-11-30)27(33-26(23)29-25)28-24-7-5-6-19(2)21(24)4/h5-7,14-16H,8-13,17H2,1-4H3. The van der Waals surface area contributed by atoms with E-state index in [2.05, 4.69) is 73.9 Å². The quantitative estimate of drug-likeness (QED) is 0.522. The van der Waals surface area contributed by atoms with Crippen LogP contribution in [-0.2, 0) is 11.3 Å². The Morgan fingerprint density at radius 2 is 1.82 bits per heavy atom. The molecule has 3 heterocycles. The first-order valence-corrected chi connectivity index (χ1v) is 12.6. The first kappa shape index (κ1) is 22.4. The Morgan fingerprint density at radius 1 is 1.00 bits per heavy atom. The number of rotatable bonds is 4. The van der Waals surface area contributed by atoms with Gasteiger partial charge in [0.25, 0.3) is 0 Å². The predicted octanol–water partition coefficient (Wildman–Crippen LogP) is 5.40. The van der Waals surface area contributed by atoms with E-state index in [0.717, 1.165) is 67.3 Å². The third-order valence-electron chi connectivity index (χ3n) is 6.69. The Kier molecular flexibility index (Phi) is 6.41. The molecular formula is C27H32N4OS. The van der Waals surface area contributed by atoms with E-state index in [1.165, 1.54) is 33.2 Å². The molecule has 5 rings (SSSR count). The molecule has 6 heteroatoms. The van der Waals surface area contributed by atoms with Gasteiger partial charge in [0.15, 0.2) is 5.17 Å². The van der Waals surface area contributed by atoms with Gasteiger partial charge in [0.1, 0.15) is 5.03 Å². The summed E-state index contributed by atoms with van der Waals surface area (Å²) in [4.78, 5) is 15.2. The number of aryl methyl sites for hydroxylation is 3. The van der Waals surface area contributed by atoms with Crippen LogP contribution in [0.3, 0.4) is 0 Å². The summed E-state index contributed by atoms with van der Waals surface area (Å²) in [6.07, 6.45) is 0. The van der Waals surface area contributed by atoms with Gasteiger partial charge in [-0.3, -0.25) is 4.90 Å². The third-order valence-corrected chi connectivity index (χ3v) is 7.77. The van der Waals surface area contributed by atoms with Crippen LogP contribution in [0.25, 0.3) is 10.9 Å². The molecule has 0 atom stereocenters. The maximum absolute atomic E-state index is 5.53. The van der Waals surface area contributed by atoms with Gasteiger partial charge in [0.2, 0.25) is 0 Å². The van der Waals surface area contributed by atoms with Gasteiger partial charge in [-0.15, -0.1) is 0 Å². The van der Waals surface area contributed by atoms with E-state index < -0.39 is 0 Å². The van der Waals surface area contributed by atoms with Crippen LogP contribution in [0.1, 0.15) is 27.8 Å². The van der Waals surface area contributed by atoms with Crippen LogP contribution >= 0.6 is 11.8 Å². The second-order valence-corrected chi connectivity index (χ2v) is 10.2. The van der Waals surface area contributed by atoms with Crippen molar-refractivity contribution in [3.63, 3.8) is 0 Å². The second kappa shape index (κ2) is 9.45. The number of morpholine rings is 1. The fourth-order valence-electron chi connectivity index (χ4n) is 4.62. The molecule has 172 valence electrons. The van der Waals surface area contributed by atoms with Gasteiger partial charge < -0.3 is 9.64 Å². The highest BCUT2D eigenvalue weighted by atomic mass is 32.2. The number of pyridine rings is 1. The van der Waals surface area contributed by atoms with Crippen LogP contribution in [0, 0.1) is 27.7 Å². The van der Waals surface area contributed by atoms with E-state index >= 15 is 0 Å². The van der Waals surface area contributed by atoms with Gasteiger partial charge in [-0.2, -0.15) is 0 Å². The minimum absolute atomic E-state index is 0.829. The van der Waals surface area contributed by atoms with Crippen LogP contribution in [0.2, 0.25) is 0 Å². The second-order valence-electron chi connectivity index (χ2n) is 9.20. The van der Waals surface area contributed by atoms with Crippen molar-refractivity contribution in [2.75, 3.05) is 39.4 Å². The zero-order chi connectivity index (χ0) is 22.9. The lowest BCUT2D eigenvalue weighted by molar-refractivity contribution is 0.0358. The lowest BCUT2D eigenvalue weighted by Gasteiger charge is -2.34. The third kappa shape index (κ3) is 4.79. The number of thioether (sulfide) groups is 1. The summed E-state index contributed by atoms with van der Waals surface area (Å²) in [5, 5.41) is 3.36. The Bertz CT molecular complexity index is 1220. The number of benzene rings is 2. The minimum Gasteiger partial charge on any atom is -0.379 e. The van der Waals surface area contributed by atoms with Crippen molar-refractivity contribution < 1.29 is 4.74 Å². The Balaban J connectivity index is 1.51. The molecular weight excluding hydrogens is 428 g/mol. The molecule has 2 aliphatic rings. The highest BCUT2D eigenvalue weighted by molar-refractivity contribution is 8.13. The minimum atomic E-state index is 0.829. The van der Waals surface area contributed by atoms with Crippen LogP contribution in [0.4, 0.5) is 5.69 Å². The fourth-order valence-corrected chi connectivity index (χ4v) is 5.61. The number of hydrogen-bond donors (Lipinski definition) is 0. The van der Waals surface area contributed by atoms with Crippen molar-refractivity contribution in [2.45, 2.75) is 39.3 Å². The molecule has 0 bridgehead atoms. The normalized spacial score (nSPS) is 18.2. The molecule has 33 heavy (non-hydrogen) atoms. The van der Waals surface area contributed by atoms with Gasteiger partial charge in [-0.25, -0.2) is 9.98 Å². The lowest BCUT2D eigenvalue weighted by atomic mass is 10.1. The van der Waals surface area contributed by atoms with Gasteiger partial charge in [-0.05, 0) is 74.3 Å². The van der Waals surface area contributed by atoms with Crippen molar-refractivity contribution >= 4 is 33.5 Å². The zero-order valence-electron chi connectivity index (χ0n) is 20.0. The SMILES string of the molecule is Cc1cc(C)c2nc3c(cc2c1)CN(CCN1CCOCC1)C(=Nc1cccc(C)c1C)S3. The number of amidine groups is 1. The van der Waals surface area contributed by atoms with Crippen molar-refractivity contribution in [3.05, 3.63) is 64.2 Å². The average molecular weight is 461 g/mol. The maximum Gasteiger partial charge on any atom is 0.171 e. The highest BCUT2D eigenvalue weighted by Crippen LogP contribution is 2.36. The van der Waals surface area contributed by atoms with Gasteiger partial charge >= 0.3 is 0 Å². The Hall–Kier alpha value is -2.41. The molecule has 1 saturated heterocycles. The number of aromatic nitrogens is 1. The number of aliphatic imine (C=N–C) groups is 1. The summed E-state index contributed by atoms with van der Waals surface area (Å²) >= 11 is 1.71.